The third-order valence-corrected chi connectivity index (χ3v) is 3.16. The highest BCUT2D eigenvalue weighted by atomic mass is 16.6. The number of benzene rings is 1. The largest absolute Gasteiger partial charge is 0.486 e. The average Bonchev–Trinajstić information content (AvgIpc) is 2.47. The fraction of sp³-hybridized carbons (Fsp3) is 0.375. The Kier molecular flexibility index (Phi) is 5.21. The monoisotopic (exact) mass is 275 g/mol. The summed E-state index contributed by atoms with van der Waals surface area (Å²) in [6.45, 7) is 10.5. The Labute approximate surface area is 119 Å². The molecule has 0 spiro atoms. The van der Waals surface area contributed by atoms with Gasteiger partial charge in [-0.25, -0.2) is 0 Å². The van der Waals surface area contributed by atoms with Crippen molar-refractivity contribution in [2.45, 2.75) is 6.10 Å². The van der Waals surface area contributed by atoms with Gasteiger partial charge in [-0.2, -0.15) is 0 Å². The van der Waals surface area contributed by atoms with Crippen molar-refractivity contribution >= 4 is 0 Å². The van der Waals surface area contributed by atoms with Gasteiger partial charge in [0.25, 0.3) is 0 Å². The number of aliphatic hydroxyl groups is 1. The topological polar surface area (TPSA) is 41.9 Å². The summed E-state index contributed by atoms with van der Waals surface area (Å²) in [5.74, 6) is 1.44. The van der Waals surface area contributed by atoms with Crippen LogP contribution < -0.4 is 9.47 Å². The molecule has 0 saturated carbocycles. The summed E-state index contributed by atoms with van der Waals surface area (Å²) in [5.41, 5.74) is 0.826. The van der Waals surface area contributed by atoms with Crippen LogP contribution in [0.1, 0.15) is 11.7 Å². The average molecular weight is 275 g/mol. The highest BCUT2D eigenvalue weighted by Crippen LogP contribution is 2.32. The maximum absolute atomic E-state index is 10.3. The highest BCUT2D eigenvalue weighted by molar-refractivity contribution is 5.44. The van der Waals surface area contributed by atoms with Gasteiger partial charge in [0.1, 0.15) is 13.2 Å². The van der Waals surface area contributed by atoms with Crippen molar-refractivity contribution in [3.8, 4) is 11.5 Å². The maximum atomic E-state index is 10.3. The van der Waals surface area contributed by atoms with Crippen molar-refractivity contribution in [2.75, 3.05) is 32.8 Å². The molecular weight excluding hydrogens is 254 g/mol. The quantitative estimate of drug-likeness (QED) is 0.774. The van der Waals surface area contributed by atoms with Crippen LogP contribution in [0, 0.1) is 0 Å². The number of ether oxygens (including phenoxy) is 2. The van der Waals surface area contributed by atoms with Crippen LogP contribution in [0.4, 0.5) is 0 Å². The van der Waals surface area contributed by atoms with E-state index in [0.717, 1.165) is 11.3 Å². The Morgan fingerprint density at radius 1 is 1.15 bits per heavy atom. The summed E-state index contributed by atoms with van der Waals surface area (Å²) < 4.78 is 11.0. The Bertz CT molecular complexity index is 463. The van der Waals surface area contributed by atoms with Crippen molar-refractivity contribution in [3.63, 3.8) is 0 Å². The third-order valence-electron chi connectivity index (χ3n) is 3.16. The van der Waals surface area contributed by atoms with Crippen LogP contribution in [0.25, 0.3) is 0 Å². The number of hydrogen-bond donors (Lipinski definition) is 1. The molecule has 0 aromatic heterocycles. The molecule has 2 rings (SSSR count). The number of nitrogens with zero attached hydrogens (tertiary/aromatic N) is 1. The Balaban J connectivity index is 2.05. The first-order chi connectivity index (χ1) is 9.74. The lowest BCUT2D eigenvalue weighted by Gasteiger charge is -2.24. The molecule has 1 unspecified atom stereocenters. The zero-order chi connectivity index (χ0) is 14.4. The van der Waals surface area contributed by atoms with Gasteiger partial charge >= 0.3 is 0 Å². The predicted molar refractivity (Wildman–Crippen MR) is 79.2 cm³/mol. The van der Waals surface area contributed by atoms with Crippen molar-refractivity contribution in [2.24, 2.45) is 0 Å². The lowest BCUT2D eigenvalue weighted by molar-refractivity contribution is 0.124. The zero-order valence-corrected chi connectivity index (χ0v) is 11.6. The molecule has 0 aliphatic carbocycles. The van der Waals surface area contributed by atoms with Crippen LogP contribution in [0.15, 0.2) is 43.5 Å². The van der Waals surface area contributed by atoms with Gasteiger partial charge in [-0.05, 0) is 17.7 Å². The van der Waals surface area contributed by atoms with E-state index in [2.05, 4.69) is 18.1 Å². The number of hydrogen-bond acceptors (Lipinski definition) is 4. The molecule has 0 fully saturated rings. The highest BCUT2D eigenvalue weighted by Gasteiger charge is 2.17. The molecule has 0 radical (unpaired) electrons. The van der Waals surface area contributed by atoms with E-state index < -0.39 is 6.10 Å². The molecule has 0 amide bonds. The number of rotatable bonds is 7. The third kappa shape index (κ3) is 3.62. The fourth-order valence-electron chi connectivity index (χ4n) is 2.21. The van der Waals surface area contributed by atoms with Crippen molar-refractivity contribution in [1.82, 2.24) is 4.90 Å². The van der Waals surface area contributed by atoms with E-state index in [1.54, 1.807) is 0 Å². The molecular formula is C16H21NO3. The SMILES string of the molecule is C=CCN(CC=C)CC(O)c1ccc2c(c1)OCCO2. The lowest BCUT2D eigenvalue weighted by Crippen LogP contribution is -2.29. The lowest BCUT2D eigenvalue weighted by atomic mass is 10.1. The molecule has 1 aliphatic rings. The van der Waals surface area contributed by atoms with E-state index in [4.69, 9.17) is 9.47 Å². The molecule has 1 aromatic carbocycles. The first-order valence-electron chi connectivity index (χ1n) is 6.76. The van der Waals surface area contributed by atoms with E-state index in [1.807, 2.05) is 30.4 Å². The summed E-state index contributed by atoms with van der Waals surface area (Å²) in [6.07, 6.45) is 3.06. The molecule has 108 valence electrons. The summed E-state index contributed by atoms with van der Waals surface area (Å²) in [6, 6.07) is 5.57. The number of fused-ring (bicyclic) bond motifs is 1. The van der Waals surface area contributed by atoms with Crippen LogP contribution in [0.5, 0.6) is 11.5 Å². The molecule has 1 aromatic rings. The van der Waals surface area contributed by atoms with Crippen LogP contribution in [0.3, 0.4) is 0 Å². The van der Waals surface area contributed by atoms with Gasteiger partial charge in [-0.1, -0.05) is 18.2 Å². The van der Waals surface area contributed by atoms with Gasteiger partial charge in [0.2, 0.25) is 0 Å². The minimum absolute atomic E-state index is 0.525. The molecule has 1 N–H and O–H groups in total. The molecule has 0 saturated heterocycles. The van der Waals surface area contributed by atoms with Gasteiger partial charge < -0.3 is 14.6 Å². The predicted octanol–water partition coefficient (Wildman–Crippen LogP) is 2.17. The normalized spacial score (nSPS) is 14.9. The minimum atomic E-state index is -0.578. The van der Waals surface area contributed by atoms with Gasteiger partial charge in [0, 0.05) is 19.6 Å². The Hall–Kier alpha value is -1.78. The molecule has 1 aliphatic heterocycles. The van der Waals surface area contributed by atoms with E-state index in [9.17, 15) is 5.11 Å². The van der Waals surface area contributed by atoms with Gasteiger partial charge in [0.05, 0.1) is 6.10 Å². The van der Waals surface area contributed by atoms with Gasteiger partial charge in [-0.15, -0.1) is 13.2 Å². The van der Waals surface area contributed by atoms with Crippen molar-refractivity contribution in [1.29, 1.82) is 0 Å². The van der Waals surface area contributed by atoms with E-state index in [1.165, 1.54) is 0 Å². The molecule has 0 bridgehead atoms. The van der Waals surface area contributed by atoms with Crippen LogP contribution in [-0.2, 0) is 0 Å². The first kappa shape index (κ1) is 14.6. The second-order valence-electron chi connectivity index (χ2n) is 4.71. The molecule has 1 atom stereocenters. The Morgan fingerprint density at radius 2 is 1.80 bits per heavy atom. The maximum Gasteiger partial charge on any atom is 0.161 e. The zero-order valence-electron chi connectivity index (χ0n) is 11.6. The van der Waals surface area contributed by atoms with E-state index in [-0.39, 0.29) is 0 Å². The summed E-state index contributed by atoms with van der Waals surface area (Å²) >= 11 is 0. The summed E-state index contributed by atoms with van der Waals surface area (Å²) in [7, 11) is 0. The van der Waals surface area contributed by atoms with Gasteiger partial charge in [0.15, 0.2) is 11.5 Å². The van der Waals surface area contributed by atoms with Crippen molar-refractivity contribution in [3.05, 3.63) is 49.1 Å². The smallest absolute Gasteiger partial charge is 0.161 e. The van der Waals surface area contributed by atoms with Crippen molar-refractivity contribution < 1.29 is 14.6 Å². The summed E-state index contributed by atoms with van der Waals surface area (Å²) in [4.78, 5) is 2.07. The van der Waals surface area contributed by atoms with Gasteiger partial charge in [-0.3, -0.25) is 4.90 Å². The summed E-state index contributed by atoms with van der Waals surface area (Å²) in [5, 5.41) is 10.3. The molecule has 4 nitrogen and oxygen atoms in total. The second kappa shape index (κ2) is 7.12. The van der Waals surface area contributed by atoms with Crippen LogP contribution >= 0.6 is 0 Å². The second-order valence-corrected chi connectivity index (χ2v) is 4.71. The molecule has 20 heavy (non-hydrogen) atoms. The molecule has 4 heteroatoms. The Morgan fingerprint density at radius 3 is 2.45 bits per heavy atom. The standard InChI is InChI=1S/C16H21NO3/c1-3-7-17(8-4-2)12-14(18)13-5-6-15-16(11-13)20-10-9-19-15/h3-6,11,14,18H,1-2,7-10,12H2. The number of aliphatic hydroxyl groups excluding tert-OH is 1. The fourth-order valence-corrected chi connectivity index (χ4v) is 2.21. The minimum Gasteiger partial charge on any atom is -0.486 e. The molecule has 1 heterocycles. The van der Waals surface area contributed by atoms with E-state index >= 15 is 0 Å². The van der Waals surface area contributed by atoms with Crippen LogP contribution in [0.2, 0.25) is 0 Å². The van der Waals surface area contributed by atoms with Crippen LogP contribution in [-0.4, -0.2) is 42.9 Å². The first-order valence-corrected chi connectivity index (χ1v) is 6.76. The van der Waals surface area contributed by atoms with E-state index in [0.29, 0.717) is 38.6 Å².